The minimum atomic E-state index is -0.506. The Morgan fingerprint density at radius 1 is 1.24 bits per heavy atom. The monoisotopic (exact) mass is 305 g/mol. The molecule has 21 heavy (non-hydrogen) atoms. The molecule has 3 rings (SSSR count). The predicted molar refractivity (Wildman–Crippen MR) is 73.9 cm³/mol. The second-order valence-corrected chi connectivity index (χ2v) is 4.38. The highest BCUT2D eigenvalue weighted by Crippen LogP contribution is 2.24. The number of rotatable bonds is 3. The number of imidazole rings is 1. The molecule has 106 valence electrons. The van der Waals surface area contributed by atoms with Crippen LogP contribution in [0.5, 0.6) is 5.75 Å². The SMILES string of the molecule is COc1ccc(-c2nc(Cl)nc(-n3ccnc3)n2)c(F)c1. The van der Waals surface area contributed by atoms with Gasteiger partial charge in [0.1, 0.15) is 17.9 Å². The van der Waals surface area contributed by atoms with Crippen molar-refractivity contribution in [3.8, 4) is 23.1 Å². The van der Waals surface area contributed by atoms with Crippen LogP contribution in [0.2, 0.25) is 5.28 Å². The van der Waals surface area contributed by atoms with E-state index < -0.39 is 5.82 Å². The Bertz CT molecular complexity index is 778. The van der Waals surface area contributed by atoms with Crippen LogP contribution < -0.4 is 4.74 Å². The van der Waals surface area contributed by atoms with Crippen molar-refractivity contribution in [1.29, 1.82) is 0 Å². The van der Waals surface area contributed by atoms with Gasteiger partial charge in [0.25, 0.3) is 0 Å². The predicted octanol–water partition coefficient (Wildman–Crippen LogP) is 2.53. The van der Waals surface area contributed by atoms with Crippen LogP contribution in [0.15, 0.2) is 36.9 Å². The molecule has 0 fully saturated rings. The van der Waals surface area contributed by atoms with E-state index in [2.05, 4.69) is 19.9 Å². The number of methoxy groups -OCH3 is 1. The van der Waals surface area contributed by atoms with E-state index in [9.17, 15) is 4.39 Å². The molecule has 0 aliphatic rings. The molecule has 3 aromatic rings. The minimum Gasteiger partial charge on any atom is -0.497 e. The third-order valence-electron chi connectivity index (χ3n) is 2.75. The maximum atomic E-state index is 14.1. The molecule has 2 heterocycles. The number of benzene rings is 1. The molecule has 8 heteroatoms. The quantitative estimate of drug-likeness (QED) is 0.744. The second-order valence-electron chi connectivity index (χ2n) is 4.04. The van der Waals surface area contributed by atoms with Crippen LogP contribution in [0.3, 0.4) is 0 Å². The van der Waals surface area contributed by atoms with Gasteiger partial charge in [-0.25, -0.2) is 9.37 Å². The number of hydrogen-bond acceptors (Lipinski definition) is 5. The van der Waals surface area contributed by atoms with Gasteiger partial charge >= 0.3 is 0 Å². The minimum absolute atomic E-state index is 0.0288. The van der Waals surface area contributed by atoms with Gasteiger partial charge in [0.2, 0.25) is 11.2 Å². The first kappa shape index (κ1) is 13.4. The average Bonchev–Trinajstić information content (AvgIpc) is 3.00. The molecule has 0 atom stereocenters. The van der Waals surface area contributed by atoms with E-state index in [0.717, 1.165) is 0 Å². The highest BCUT2D eigenvalue weighted by atomic mass is 35.5. The maximum Gasteiger partial charge on any atom is 0.239 e. The summed E-state index contributed by atoms with van der Waals surface area (Å²) in [5, 5.41) is -0.0288. The highest BCUT2D eigenvalue weighted by Gasteiger charge is 2.13. The number of ether oxygens (including phenoxy) is 1. The number of hydrogen-bond donors (Lipinski definition) is 0. The molecule has 1 aromatic carbocycles. The number of aromatic nitrogens is 5. The van der Waals surface area contributed by atoms with E-state index in [4.69, 9.17) is 16.3 Å². The van der Waals surface area contributed by atoms with E-state index >= 15 is 0 Å². The lowest BCUT2D eigenvalue weighted by Crippen LogP contribution is -2.03. The Morgan fingerprint density at radius 3 is 2.76 bits per heavy atom. The molecule has 0 aliphatic heterocycles. The Balaban J connectivity index is 2.10. The van der Waals surface area contributed by atoms with Crippen molar-refractivity contribution < 1.29 is 9.13 Å². The third-order valence-corrected chi connectivity index (χ3v) is 2.92. The molecule has 0 spiro atoms. The summed E-state index contributed by atoms with van der Waals surface area (Å²) in [5.41, 5.74) is 0.210. The van der Waals surface area contributed by atoms with E-state index in [0.29, 0.717) is 5.75 Å². The summed E-state index contributed by atoms with van der Waals surface area (Å²) in [7, 11) is 1.46. The van der Waals surface area contributed by atoms with Crippen LogP contribution in [0.25, 0.3) is 17.3 Å². The van der Waals surface area contributed by atoms with Crippen molar-refractivity contribution in [3.05, 3.63) is 48.0 Å². The van der Waals surface area contributed by atoms with Crippen molar-refractivity contribution in [2.75, 3.05) is 7.11 Å². The van der Waals surface area contributed by atoms with Crippen LogP contribution in [0.1, 0.15) is 0 Å². The average molecular weight is 306 g/mol. The Morgan fingerprint density at radius 2 is 2.10 bits per heavy atom. The zero-order chi connectivity index (χ0) is 14.8. The lowest BCUT2D eigenvalue weighted by Gasteiger charge is -2.07. The Kier molecular flexibility index (Phi) is 3.49. The molecule has 0 amide bonds. The van der Waals surface area contributed by atoms with Gasteiger partial charge in [-0.05, 0) is 23.7 Å². The normalized spacial score (nSPS) is 10.6. The number of nitrogens with zero attached hydrogens (tertiary/aromatic N) is 5. The van der Waals surface area contributed by atoms with Gasteiger partial charge in [-0.3, -0.25) is 4.57 Å². The first-order valence-electron chi connectivity index (χ1n) is 5.91. The summed E-state index contributed by atoms with van der Waals surface area (Å²) in [6, 6.07) is 4.40. The maximum absolute atomic E-state index is 14.1. The summed E-state index contributed by atoms with van der Waals surface area (Å²) in [6.07, 6.45) is 4.74. The molecule has 0 aliphatic carbocycles. The van der Waals surface area contributed by atoms with Crippen molar-refractivity contribution in [2.45, 2.75) is 0 Å². The van der Waals surface area contributed by atoms with Crippen molar-refractivity contribution >= 4 is 11.6 Å². The summed E-state index contributed by atoms with van der Waals surface area (Å²) >= 11 is 5.88. The van der Waals surface area contributed by atoms with Crippen molar-refractivity contribution in [2.24, 2.45) is 0 Å². The molecular weight excluding hydrogens is 297 g/mol. The van der Waals surface area contributed by atoms with Gasteiger partial charge in [-0.15, -0.1) is 0 Å². The molecule has 0 bridgehead atoms. The first-order valence-corrected chi connectivity index (χ1v) is 6.29. The van der Waals surface area contributed by atoms with Crippen LogP contribution in [0.4, 0.5) is 4.39 Å². The standard InChI is InChI=1S/C13H9ClFN5O/c1-21-8-2-3-9(10(15)6-8)11-17-12(14)19-13(18-11)20-5-4-16-7-20/h2-7H,1H3. The third kappa shape index (κ3) is 2.68. The molecule has 0 radical (unpaired) electrons. The van der Waals surface area contributed by atoms with Crippen molar-refractivity contribution in [1.82, 2.24) is 24.5 Å². The van der Waals surface area contributed by atoms with E-state index in [1.807, 2.05) is 0 Å². The second kappa shape index (κ2) is 5.45. The zero-order valence-electron chi connectivity index (χ0n) is 10.9. The smallest absolute Gasteiger partial charge is 0.239 e. The first-order chi connectivity index (χ1) is 10.2. The fourth-order valence-corrected chi connectivity index (χ4v) is 1.91. The van der Waals surface area contributed by atoms with Crippen LogP contribution in [0, 0.1) is 5.82 Å². The Hall–Kier alpha value is -2.54. The molecule has 0 saturated carbocycles. The van der Waals surface area contributed by atoms with E-state index in [-0.39, 0.29) is 22.6 Å². The lowest BCUT2D eigenvalue weighted by molar-refractivity contribution is 0.411. The van der Waals surface area contributed by atoms with Crippen molar-refractivity contribution in [3.63, 3.8) is 0 Å². The van der Waals surface area contributed by atoms with Gasteiger partial charge in [-0.1, -0.05) is 0 Å². The zero-order valence-corrected chi connectivity index (χ0v) is 11.6. The van der Waals surface area contributed by atoms with E-state index in [1.165, 1.54) is 25.6 Å². The van der Waals surface area contributed by atoms with Gasteiger partial charge in [0.15, 0.2) is 5.82 Å². The van der Waals surface area contributed by atoms with Gasteiger partial charge in [0, 0.05) is 18.5 Å². The largest absolute Gasteiger partial charge is 0.497 e. The molecule has 0 unspecified atom stereocenters. The van der Waals surface area contributed by atoms with Gasteiger partial charge < -0.3 is 4.74 Å². The Labute approximate surface area is 124 Å². The molecule has 0 saturated heterocycles. The molecule has 6 nitrogen and oxygen atoms in total. The summed E-state index contributed by atoms with van der Waals surface area (Å²) in [6.45, 7) is 0. The van der Waals surface area contributed by atoms with Gasteiger partial charge in [-0.2, -0.15) is 15.0 Å². The van der Waals surface area contributed by atoms with Crippen LogP contribution in [-0.2, 0) is 0 Å². The summed E-state index contributed by atoms with van der Waals surface area (Å²) in [4.78, 5) is 16.0. The highest BCUT2D eigenvalue weighted by molar-refractivity contribution is 6.28. The van der Waals surface area contributed by atoms with E-state index in [1.54, 1.807) is 23.0 Å². The number of halogens is 2. The molecule has 2 aromatic heterocycles. The fraction of sp³-hybridized carbons (Fsp3) is 0.0769. The topological polar surface area (TPSA) is 65.7 Å². The molecular formula is C13H9ClFN5O. The fourth-order valence-electron chi connectivity index (χ4n) is 1.76. The summed E-state index contributed by atoms with van der Waals surface area (Å²) in [5.74, 6) is 0.302. The van der Waals surface area contributed by atoms with Crippen LogP contribution >= 0.6 is 11.6 Å². The lowest BCUT2D eigenvalue weighted by atomic mass is 10.2. The van der Waals surface area contributed by atoms with Gasteiger partial charge in [0.05, 0.1) is 12.7 Å². The summed E-state index contributed by atoms with van der Waals surface area (Å²) < 4.78 is 20.6. The molecule has 0 N–H and O–H groups in total. The van der Waals surface area contributed by atoms with Crippen LogP contribution in [-0.4, -0.2) is 31.6 Å².